The maximum absolute atomic E-state index is 13.3. The van der Waals surface area contributed by atoms with Crippen LogP contribution >= 0.6 is 12.4 Å². The molecule has 6 fully saturated rings. The molecular weight excluding hydrogens is 343 g/mol. The van der Waals surface area contributed by atoms with Gasteiger partial charge in [-0.05, 0) is 56.7 Å². The quantitative estimate of drug-likeness (QED) is 0.619. The number of halogens is 1. The molecule has 6 rings (SSSR count). The van der Waals surface area contributed by atoms with Crippen LogP contribution < -0.4 is 5.73 Å². The monoisotopic (exact) mass is 370 g/mol. The van der Waals surface area contributed by atoms with Crippen molar-refractivity contribution < 1.29 is 17.7 Å². The Hall–Kier alpha value is -0.870. The van der Waals surface area contributed by atoms with Gasteiger partial charge in [0, 0.05) is 20.6 Å². The summed E-state index contributed by atoms with van der Waals surface area (Å²) in [6.07, 6.45) is 2.06. The third-order valence-electron chi connectivity index (χ3n) is 7.15. The third kappa shape index (κ3) is 2.36. The highest BCUT2D eigenvalue weighted by Gasteiger charge is 2.66. The van der Waals surface area contributed by atoms with E-state index in [0.717, 1.165) is 0 Å². The predicted octanol–water partition coefficient (Wildman–Crippen LogP) is 0.695. The van der Waals surface area contributed by atoms with E-state index in [0.29, 0.717) is 44.9 Å². The molecule has 1 heterocycles. The number of fused-ring (bicyclic) bond motifs is 1. The maximum Gasteiger partial charge on any atom is 0.241 e. The van der Waals surface area contributed by atoms with Crippen molar-refractivity contribution in [3.8, 4) is 6.07 Å². The first-order valence-corrected chi connectivity index (χ1v) is 8.95. The summed E-state index contributed by atoms with van der Waals surface area (Å²) in [5.41, 5.74) is 3.85. The van der Waals surface area contributed by atoms with Gasteiger partial charge in [-0.1, -0.05) is 0 Å². The third-order valence-corrected chi connectivity index (χ3v) is 7.15. The molecule has 4 N–H and O–H groups in total. The molecule has 5 aliphatic carbocycles. The number of aliphatic hydroxyl groups is 2. The van der Waals surface area contributed by atoms with E-state index >= 15 is 0 Å². The second-order valence-electron chi connectivity index (χ2n) is 9.14. The number of nitriles is 1. The predicted molar refractivity (Wildman–Crippen MR) is 91.5 cm³/mol. The molecule has 0 radical (unpaired) electrons. The molecule has 2 unspecified atom stereocenters. The van der Waals surface area contributed by atoms with Crippen molar-refractivity contribution in [2.75, 3.05) is 0 Å². The number of rotatable bonds is 2. The second kappa shape index (κ2) is 5.10. The molecule has 25 heavy (non-hydrogen) atoms. The van der Waals surface area contributed by atoms with Crippen LogP contribution in [0.15, 0.2) is 0 Å². The molecule has 7 heteroatoms. The molecule has 1 saturated heterocycles. The smallest absolute Gasteiger partial charge is 0.241 e. The molecule has 1 amide bonds. The molecule has 8 atom stereocenters. The molecule has 0 spiro atoms. The van der Waals surface area contributed by atoms with E-state index in [2.05, 4.69) is 6.07 Å². The largest absolute Gasteiger partial charge is 0.390 e. The van der Waals surface area contributed by atoms with Gasteiger partial charge in [0.15, 0.2) is 0 Å². The van der Waals surface area contributed by atoms with Crippen molar-refractivity contribution in [3.05, 3.63) is 0 Å². The Morgan fingerprint density at radius 3 is 2.48 bits per heavy atom. The molecule has 5 saturated carbocycles. The number of carbonyl (C=O) groups is 1. The number of likely N-dealkylation sites (tertiary alicyclic amines) is 1. The lowest BCUT2D eigenvalue weighted by molar-refractivity contribution is -0.234. The van der Waals surface area contributed by atoms with Gasteiger partial charge >= 0.3 is 0 Å². The first kappa shape index (κ1) is 15.2. The van der Waals surface area contributed by atoms with E-state index in [4.69, 9.17) is 8.48 Å². The van der Waals surface area contributed by atoms with Crippen LogP contribution in [0.1, 0.15) is 54.1 Å². The lowest BCUT2D eigenvalue weighted by Crippen LogP contribution is -2.69. The summed E-state index contributed by atoms with van der Waals surface area (Å²) >= 11 is 0. The molecule has 0 aromatic carbocycles. The molecule has 6 aliphatic rings. The Labute approximate surface area is 156 Å². The van der Waals surface area contributed by atoms with Gasteiger partial charge in [0.1, 0.15) is 6.04 Å². The normalized spacial score (nSPS) is 56.2. The Morgan fingerprint density at radius 1 is 1.28 bits per heavy atom. The summed E-state index contributed by atoms with van der Waals surface area (Å²) in [4.78, 5) is 14.7. The highest BCUT2D eigenvalue weighted by molar-refractivity contribution is 5.85. The minimum absolute atomic E-state index is 0. The number of amides is 1. The molecule has 1 aliphatic heterocycles. The summed E-state index contributed by atoms with van der Waals surface area (Å²) < 4.78 is 16.0. The number of carbonyl (C=O) groups excluding carboxylic acids is 1. The van der Waals surface area contributed by atoms with Crippen LogP contribution in [0.5, 0.6) is 0 Å². The van der Waals surface area contributed by atoms with Crippen molar-refractivity contribution in [2.24, 2.45) is 23.0 Å². The van der Waals surface area contributed by atoms with Crippen LogP contribution in [0.4, 0.5) is 0 Å². The molecule has 6 nitrogen and oxygen atoms in total. The van der Waals surface area contributed by atoms with Gasteiger partial charge in [-0.3, -0.25) is 4.79 Å². The zero-order valence-electron chi connectivity index (χ0n) is 16.0. The number of hydrogen-bond acceptors (Lipinski definition) is 5. The van der Waals surface area contributed by atoms with Crippen molar-refractivity contribution >= 4 is 18.3 Å². The first-order valence-electron chi connectivity index (χ1n) is 9.95. The van der Waals surface area contributed by atoms with Crippen molar-refractivity contribution in [1.82, 2.24) is 4.90 Å². The Bertz CT molecular complexity index is 726. The van der Waals surface area contributed by atoms with Crippen LogP contribution in [0, 0.1) is 28.6 Å². The van der Waals surface area contributed by atoms with Crippen LogP contribution in [0.25, 0.3) is 0 Å². The standard InChI is InChI=1S/C18H25N3O3.ClH/c19-6-12-1-11-2-13(11)21(12)15(22)14(20)16-3-10-4-17(23,7-16)9-18(24,5-10)8-16;/h10-14,23-24H,1-5,7-9,20H2;1H/t10?,11-,12+,13+,14-,16?,17-,18+;/m1./s1/i2+1D2;. The molecule has 4 bridgehead atoms. The van der Waals surface area contributed by atoms with Gasteiger partial charge in [-0.2, -0.15) is 5.26 Å². The fourth-order valence-corrected chi connectivity index (χ4v) is 6.77. The van der Waals surface area contributed by atoms with E-state index in [1.165, 1.54) is 4.90 Å². The van der Waals surface area contributed by atoms with Crippen LogP contribution in [0.2, 0.25) is 0 Å². The maximum atomic E-state index is 13.3. The fraction of sp³-hybridized carbons (Fsp3) is 0.889. The number of nitrogens with zero attached hydrogens (tertiary/aromatic N) is 2. The van der Waals surface area contributed by atoms with E-state index in [9.17, 15) is 20.3 Å². The van der Waals surface area contributed by atoms with E-state index < -0.39 is 41.1 Å². The van der Waals surface area contributed by atoms with Crippen molar-refractivity contribution in [2.45, 2.75) is 80.6 Å². The Morgan fingerprint density at radius 2 is 1.92 bits per heavy atom. The number of hydrogen-bond donors (Lipinski definition) is 3. The lowest BCUT2D eigenvalue weighted by Gasteiger charge is -2.64. The van der Waals surface area contributed by atoms with Crippen LogP contribution in [0.3, 0.4) is 0 Å². The van der Waals surface area contributed by atoms with Gasteiger partial charge < -0.3 is 20.8 Å². The van der Waals surface area contributed by atoms with E-state index in [-0.39, 0.29) is 30.2 Å². The van der Waals surface area contributed by atoms with E-state index in [1.54, 1.807) is 0 Å². The summed E-state index contributed by atoms with van der Waals surface area (Å²) in [5, 5.41) is 31.2. The molecule has 0 aromatic rings. The van der Waals surface area contributed by atoms with Gasteiger partial charge in [-0.15, -0.1) is 12.4 Å². The van der Waals surface area contributed by atoms with Gasteiger partial charge in [0.2, 0.25) is 5.91 Å². The SMILES string of the molecule is Cl.[2H][13C]1([2H])[C@H]2C[C@@H](C#N)N(C(=O)[C@@H](N)C34CC5C[C@@](O)(C3)C[C@](O)(C5)C4)[C@H]21. The van der Waals surface area contributed by atoms with Gasteiger partial charge in [0.25, 0.3) is 0 Å². The fourth-order valence-electron chi connectivity index (χ4n) is 6.77. The average molecular weight is 371 g/mol. The topological polar surface area (TPSA) is 111 Å². The average Bonchev–Trinajstić information content (AvgIpc) is 2.88. The zero-order chi connectivity index (χ0) is 18.7. The van der Waals surface area contributed by atoms with Crippen molar-refractivity contribution in [3.63, 3.8) is 0 Å². The zero-order valence-corrected chi connectivity index (χ0v) is 14.8. The highest BCUT2D eigenvalue weighted by atomic mass is 35.5. The summed E-state index contributed by atoms with van der Waals surface area (Å²) in [5.74, 6) is -0.516. The summed E-state index contributed by atoms with van der Waals surface area (Å²) in [6.45, 7) is 0. The second-order valence-corrected chi connectivity index (χ2v) is 9.14. The molecule has 0 aromatic heterocycles. The van der Waals surface area contributed by atoms with Crippen LogP contribution in [-0.2, 0) is 4.79 Å². The number of piperidine rings is 1. The summed E-state index contributed by atoms with van der Waals surface area (Å²) in [6, 6.07) is 0.00381. The lowest BCUT2D eigenvalue weighted by atomic mass is 9.44. The highest BCUT2D eigenvalue weighted by Crippen LogP contribution is 2.64. The number of nitrogens with two attached hydrogens (primary N) is 1. The van der Waals surface area contributed by atoms with Gasteiger partial charge in [-0.25, -0.2) is 0 Å². The first-order chi connectivity index (χ1) is 12.0. The Kier molecular flexibility index (Phi) is 3.10. The molecule has 138 valence electrons. The summed E-state index contributed by atoms with van der Waals surface area (Å²) in [7, 11) is 0. The van der Waals surface area contributed by atoms with E-state index in [1.807, 2.05) is 0 Å². The van der Waals surface area contributed by atoms with Crippen molar-refractivity contribution in [1.29, 1.82) is 5.26 Å². The molecular formula is C18H26ClN3O3. The minimum atomic E-state index is -1.44. The Balaban J connectivity index is 0.00000180. The van der Waals surface area contributed by atoms with Crippen LogP contribution in [-0.4, -0.2) is 50.3 Å². The minimum Gasteiger partial charge on any atom is -0.390 e. The van der Waals surface area contributed by atoms with Gasteiger partial charge in [0.05, 0.1) is 23.3 Å².